The lowest BCUT2D eigenvalue weighted by atomic mass is 10.2. The van der Waals surface area contributed by atoms with E-state index >= 15 is 0 Å². The summed E-state index contributed by atoms with van der Waals surface area (Å²) >= 11 is 9.20. The SMILES string of the molecule is COc1cccc(NC(=S)N2CCN(Cc3ccccc3Br)CC2)c1. The molecule has 0 saturated carbocycles. The second kappa shape index (κ2) is 8.65. The van der Waals surface area contributed by atoms with Crippen molar-refractivity contribution < 1.29 is 4.74 Å². The molecule has 6 heteroatoms. The van der Waals surface area contributed by atoms with Crippen LogP contribution >= 0.6 is 28.1 Å². The summed E-state index contributed by atoms with van der Waals surface area (Å²) in [5, 5.41) is 4.08. The zero-order valence-corrected chi connectivity index (χ0v) is 16.6. The van der Waals surface area contributed by atoms with Crippen LogP contribution in [0.1, 0.15) is 5.56 Å². The number of ether oxygens (including phenoxy) is 1. The second-order valence-electron chi connectivity index (χ2n) is 6.02. The van der Waals surface area contributed by atoms with Gasteiger partial charge in [0, 0.05) is 49.0 Å². The summed E-state index contributed by atoms with van der Waals surface area (Å²) < 4.78 is 6.43. The quantitative estimate of drug-likeness (QED) is 0.756. The van der Waals surface area contributed by atoms with E-state index in [4.69, 9.17) is 17.0 Å². The molecule has 1 aliphatic heterocycles. The van der Waals surface area contributed by atoms with Gasteiger partial charge >= 0.3 is 0 Å². The van der Waals surface area contributed by atoms with Gasteiger partial charge in [0.2, 0.25) is 0 Å². The Balaban J connectivity index is 1.51. The minimum atomic E-state index is 0.772. The van der Waals surface area contributed by atoms with Gasteiger partial charge in [0.15, 0.2) is 5.11 Å². The summed E-state index contributed by atoms with van der Waals surface area (Å²) in [6.45, 7) is 4.83. The maximum atomic E-state index is 5.57. The van der Waals surface area contributed by atoms with Crippen LogP contribution in [0.5, 0.6) is 5.75 Å². The second-order valence-corrected chi connectivity index (χ2v) is 7.26. The number of nitrogens with zero attached hydrogens (tertiary/aromatic N) is 2. The zero-order valence-electron chi connectivity index (χ0n) is 14.2. The van der Waals surface area contributed by atoms with Crippen LogP contribution in [0.2, 0.25) is 0 Å². The summed E-state index contributed by atoms with van der Waals surface area (Å²) in [7, 11) is 1.67. The molecule has 0 unspecified atom stereocenters. The number of methoxy groups -OCH3 is 1. The van der Waals surface area contributed by atoms with Crippen LogP contribution < -0.4 is 10.1 Å². The predicted molar refractivity (Wildman–Crippen MR) is 110 cm³/mol. The molecule has 0 aromatic heterocycles. The van der Waals surface area contributed by atoms with E-state index in [9.17, 15) is 0 Å². The first-order valence-corrected chi connectivity index (χ1v) is 9.51. The highest BCUT2D eigenvalue weighted by Gasteiger charge is 2.19. The average Bonchev–Trinajstić information content (AvgIpc) is 2.64. The van der Waals surface area contributed by atoms with E-state index < -0.39 is 0 Å². The summed E-state index contributed by atoms with van der Waals surface area (Å²) in [6.07, 6.45) is 0. The van der Waals surface area contributed by atoms with Crippen molar-refractivity contribution in [3.63, 3.8) is 0 Å². The lowest BCUT2D eigenvalue weighted by Crippen LogP contribution is -2.49. The number of hydrogen-bond acceptors (Lipinski definition) is 3. The van der Waals surface area contributed by atoms with Crippen molar-refractivity contribution in [1.82, 2.24) is 9.80 Å². The third-order valence-electron chi connectivity index (χ3n) is 4.33. The predicted octanol–water partition coefficient (Wildman–Crippen LogP) is 3.97. The van der Waals surface area contributed by atoms with Gasteiger partial charge in [-0.3, -0.25) is 4.90 Å². The van der Waals surface area contributed by atoms with Crippen molar-refractivity contribution in [3.8, 4) is 5.75 Å². The van der Waals surface area contributed by atoms with Crippen molar-refractivity contribution in [2.24, 2.45) is 0 Å². The number of rotatable bonds is 4. The van der Waals surface area contributed by atoms with Gasteiger partial charge in [0.05, 0.1) is 7.11 Å². The van der Waals surface area contributed by atoms with Crippen LogP contribution in [0.15, 0.2) is 53.0 Å². The molecule has 25 heavy (non-hydrogen) atoms. The molecule has 3 rings (SSSR count). The highest BCUT2D eigenvalue weighted by molar-refractivity contribution is 9.10. The molecule has 1 heterocycles. The lowest BCUT2D eigenvalue weighted by Gasteiger charge is -2.36. The zero-order chi connectivity index (χ0) is 17.6. The normalized spacial score (nSPS) is 15.0. The molecule has 1 aliphatic rings. The Labute approximate surface area is 162 Å². The Bertz CT molecular complexity index is 732. The van der Waals surface area contributed by atoms with Gasteiger partial charge in [-0.15, -0.1) is 0 Å². The molecular weight excluding hydrogens is 398 g/mol. The standard InChI is InChI=1S/C19H22BrN3OS/c1-24-17-7-4-6-16(13-17)21-19(25)23-11-9-22(10-12-23)14-15-5-2-3-8-18(15)20/h2-8,13H,9-12,14H2,1H3,(H,21,25). The smallest absolute Gasteiger partial charge is 0.173 e. The molecule has 4 nitrogen and oxygen atoms in total. The number of hydrogen-bond donors (Lipinski definition) is 1. The minimum absolute atomic E-state index is 0.772. The van der Waals surface area contributed by atoms with Crippen molar-refractivity contribution in [2.45, 2.75) is 6.54 Å². The molecule has 132 valence electrons. The third kappa shape index (κ3) is 4.93. The fourth-order valence-electron chi connectivity index (χ4n) is 2.88. The number of benzene rings is 2. The molecule has 0 radical (unpaired) electrons. The molecule has 0 bridgehead atoms. The van der Waals surface area contributed by atoms with Gasteiger partial charge in [-0.05, 0) is 36.0 Å². The molecule has 0 spiro atoms. The first-order chi connectivity index (χ1) is 12.2. The number of nitrogens with one attached hydrogen (secondary N) is 1. The first-order valence-electron chi connectivity index (χ1n) is 8.31. The van der Waals surface area contributed by atoms with E-state index in [-0.39, 0.29) is 0 Å². The summed E-state index contributed by atoms with van der Waals surface area (Å²) in [4.78, 5) is 4.69. The summed E-state index contributed by atoms with van der Waals surface area (Å²) in [5.41, 5.74) is 2.29. The Kier molecular flexibility index (Phi) is 6.29. The van der Waals surface area contributed by atoms with Crippen LogP contribution in [-0.2, 0) is 6.54 Å². The molecule has 0 atom stereocenters. The van der Waals surface area contributed by atoms with Gasteiger partial charge in [-0.25, -0.2) is 0 Å². The Morgan fingerprint density at radius 1 is 1.12 bits per heavy atom. The summed E-state index contributed by atoms with van der Waals surface area (Å²) in [5.74, 6) is 0.825. The Hall–Kier alpha value is -1.63. The molecule has 2 aromatic carbocycles. The third-order valence-corrected chi connectivity index (χ3v) is 5.47. The average molecular weight is 420 g/mol. The maximum absolute atomic E-state index is 5.57. The van der Waals surface area contributed by atoms with Gasteiger partial charge in [-0.2, -0.15) is 0 Å². The monoisotopic (exact) mass is 419 g/mol. The van der Waals surface area contributed by atoms with E-state index in [1.165, 1.54) is 10.0 Å². The fourth-order valence-corrected chi connectivity index (χ4v) is 3.59. The lowest BCUT2D eigenvalue weighted by molar-refractivity contribution is 0.176. The number of halogens is 1. The van der Waals surface area contributed by atoms with Gasteiger partial charge in [0.25, 0.3) is 0 Å². The van der Waals surface area contributed by atoms with Crippen molar-refractivity contribution in [2.75, 3.05) is 38.6 Å². The highest BCUT2D eigenvalue weighted by Crippen LogP contribution is 2.20. The van der Waals surface area contributed by atoms with Crippen LogP contribution in [0.3, 0.4) is 0 Å². The van der Waals surface area contributed by atoms with Crippen LogP contribution in [0.25, 0.3) is 0 Å². The van der Waals surface area contributed by atoms with Crippen LogP contribution in [0.4, 0.5) is 5.69 Å². The molecular formula is C19H22BrN3OS. The molecule has 2 aromatic rings. The largest absolute Gasteiger partial charge is 0.497 e. The Morgan fingerprint density at radius 3 is 2.60 bits per heavy atom. The van der Waals surface area contributed by atoms with E-state index in [1.807, 2.05) is 30.3 Å². The van der Waals surface area contributed by atoms with Crippen molar-refractivity contribution >= 4 is 38.9 Å². The van der Waals surface area contributed by atoms with Crippen LogP contribution in [0, 0.1) is 0 Å². The molecule has 1 saturated heterocycles. The molecule has 1 N–H and O–H groups in total. The van der Waals surface area contributed by atoms with Gasteiger partial charge < -0.3 is 15.0 Å². The number of anilines is 1. The maximum Gasteiger partial charge on any atom is 0.173 e. The number of piperazine rings is 1. The number of thiocarbonyl (C=S) groups is 1. The molecule has 1 fully saturated rings. The fraction of sp³-hybridized carbons (Fsp3) is 0.316. The van der Waals surface area contributed by atoms with Crippen molar-refractivity contribution in [3.05, 3.63) is 58.6 Å². The van der Waals surface area contributed by atoms with Gasteiger partial charge in [0.1, 0.15) is 5.75 Å². The van der Waals surface area contributed by atoms with Crippen molar-refractivity contribution in [1.29, 1.82) is 0 Å². The Morgan fingerprint density at radius 2 is 1.88 bits per heavy atom. The topological polar surface area (TPSA) is 27.7 Å². The molecule has 0 aliphatic carbocycles. The minimum Gasteiger partial charge on any atom is -0.497 e. The first kappa shape index (κ1) is 18.2. The van der Waals surface area contributed by atoms with E-state index in [1.54, 1.807) is 7.11 Å². The van der Waals surface area contributed by atoms with E-state index in [0.29, 0.717) is 0 Å². The highest BCUT2D eigenvalue weighted by atomic mass is 79.9. The summed E-state index contributed by atoms with van der Waals surface area (Å²) in [6, 6.07) is 16.2. The molecule has 0 amide bonds. The van der Waals surface area contributed by atoms with E-state index in [2.05, 4.69) is 49.2 Å². The van der Waals surface area contributed by atoms with Gasteiger partial charge in [-0.1, -0.05) is 40.2 Å². The van der Waals surface area contributed by atoms with Crippen LogP contribution in [-0.4, -0.2) is 48.2 Å². The van der Waals surface area contributed by atoms with E-state index in [0.717, 1.165) is 49.3 Å².